The van der Waals surface area contributed by atoms with Gasteiger partial charge in [-0.15, -0.1) is 0 Å². The van der Waals surface area contributed by atoms with Crippen LogP contribution in [-0.4, -0.2) is 40.7 Å². The van der Waals surface area contributed by atoms with Crippen molar-refractivity contribution in [3.8, 4) is 0 Å². The van der Waals surface area contributed by atoms with Gasteiger partial charge in [0.25, 0.3) is 11.6 Å². The molecule has 22 heavy (non-hydrogen) atoms. The van der Waals surface area contributed by atoms with Gasteiger partial charge in [-0.25, -0.2) is 0 Å². The Hall–Kier alpha value is -2.19. The largest absolute Gasteiger partial charge is 0.481 e. The van der Waals surface area contributed by atoms with Crippen LogP contribution in [0.5, 0.6) is 0 Å². The molecule has 1 aromatic carbocycles. The molecule has 0 aromatic heterocycles. The lowest BCUT2D eigenvalue weighted by atomic mass is 9.93. The summed E-state index contributed by atoms with van der Waals surface area (Å²) in [5.74, 6) is -1.65. The lowest BCUT2D eigenvalue weighted by Gasteiger charge is -2.27. The lowest BCUT2D eigenvalue weighted by molar-refractivity contribution is -0.384. The van der Waals surface area contributed by atoms with Gasteiger partial charge in [-0.1, -0.05) is 11.6 Å². The molecule has 1 aliphatic rings. The summed E-state index contributed by atoms with van der Waals surface area (Å²) in [7, 11) is 0. The summed E-state index contributed by atoms with van der Waals surface area (Å²) < 4.78 is 5.18. The lowest BCUT2D eigenvalue weighted by Crippen LogP contribution is -2.50. The third-order valence-corrected chi connectivity index (χ3v) is 3.69. The van der Waals surface area contributed by atoms with Crippen molar-refractivity contribution in [2.24, 2.45) is 0 Å². The molecule has 8 nitrogen and oxygen atoms in total. The van der Waals surface area contributed by atoms with Crippen molar-refractivity contribution in [2.75, 3.05) is 13.2 Å². The monoisotopic (exact) mass is 328 g/mol. The van der Waals surface area contributed by atoms with E-state index >= 15 is 0 Å². The second-order valence-electron chi connectivity index (χ2n) is 5.03. The predicted molar refractivity (Wildman–Crippen MR) is 76.0 cm³/mol. The number of nitrogens with one attached hydrogen (secondary N) is 1. The van der Waals surface area contributed by atoms with Crippen LogP contribution < -0.4 is 5.32 Å². The van der Waals surface area contributed by atoms with E-state index in [0.717, 1.165) is 12.1 Å². The van der Waals surface area contributed by atoms with Gasteiger partial charge < -0.3 is 15.2 Å². The number of hydrogen-bond donors (Lipinski definition) is 2. The highest BCUT2D eigenvalue weighted by Crippen LogP contribution is 2.26. The number of carboxylic acid groups (broad SMARTS) is 1. The van der Waals surface area contributed by atoms with Crippen LogP contribution in [0.3, 0.4) is 0 Å². The van der Waals surface area contributed by atoms with Crippen LogP contribution in [-0.2, 0) is 9.53 Å². The van der Waals surface area contributed by atoms with E-state index in [0.29, 0.717) is 13.0 Å². The molecule has 1 aromatic rings. The zero-order valence-corrected chi connectivity index (χ0v) is 12.1. The molecular formula is C13H13ClN2O6. The zero-order chi connectivity index (χ0) is 16.3. The van der Waals surface area contributed by atoms with Crippen LogP contribution in [0.2, 0.25) is 5.02 Å². The minimum absolute atomic E-state index is 0.0453. The number of carboxylic acids is 1. The maximum absolute atomic E-state index is 12.3. The molecule has 0 radical (unpaired) electrons. The summed E-state index contributed by atoms with van der Waals surface area (Å²) in [5, 5.41) is 22.2. The zero-order valence-electron chi connectivity index (χ0n) is 11.4. The molecule has 1 aliphatic heterocycles. The Morgan fingerprint density at radius 1 is 1.50 bits per heavy atom. The summed E-state index contributed by atoms with van der Waals surface area (Å²) in [4.78, 5) is 33.3. The Bertz CT molecular complexity index is 627. The maximum Gasteiger partial charge on any atom is 0.305 e. The van der Waals surface area contributed by atoms with Crippen LogP contribution in [0.1, 0.15) is 23.2 Å². The Morgan fingerprint density at radius 2 is 2.23 bits per heavy atom. The number of non-ortho nitro benzene ring substituents is 1. The van der Waals surface area contributed by atoms with Gasteiger partial charge in [0.2, 0.25) is 0 Å². The van der Waals surface area contributed by atoms with Crippen molar-refractivity contribution >= 4 is 29.2 Å². The third-order valence-electron chi connectivity index (χ3n) is 3.38. The summed E-state index contributed by atoms with van der Waals surface area (Å²) in [6.45, 7) is 0.442. The average molecular weight is 329 g/mol. The Labute approximate surface area is 130 Å². The number of carbonyl (C=O) groups excluding carboxylic acids is 1. The average Bonchev–Trinajstić information content (AvgIpc) is 2.85. The van der Waals surface area contributed by atoms with Gasteiger partial charge in [0, 0.05) is 18.7 Å². The minimum Gasteiger partial charge on any atom is -0.481 e. The van der Waals surface area contributed by atoms with Crippen LogP contribution in [0, 0.1) is 10.1 Å². The predicted octanol–water partition coefficient (Wildman–Crippen LogP) is 1.61. The molecule has 0 bridgehead atoms. The van der Waals surface area contributed by atoms with Crippen LogP contribution >= 0.6 is 11.6 Å². The van der Waals surface area contributed by atoms with Gasteiger partial charge in [0.15, 0.2) is 0 Å². The number of halogens is 1. The van der Waals surface area contributed by atoms with Crippen molar-refractivity contribution in [1.82, 2.24) is 5.32 Å². The van der Waals surface area contributed by atoms with Crippen LogP contribution in [0.4, 0.5) is 5.69 Å². The number of rotatable bonds is 5. The van der Waals surface area contributed by atoms with Gasteiger partial charge in [-0.05, 0) is 12.5 Å². The molecule has 1 fully saturated rings. The second kappa shape index (κ2) is 6.29. The molecule has 1 unspecified atom stereocenters. The third kappa shape index (κ3) is 3.52. The Morgan fingerprint density at radius 3 is 2.73 bits per heavy atom. The number of hydrogen-bond acceptors (Lipinski definition) is 5. The van der Waals surface area contributed by atoms with Crippen molar-refractivity contribution in [1.29, 1.82) is 0 Å². The minimum atomic E-state index is -1.06. The van der Waals surface area contributed by atoms with Crippen molar-refractivity contribution < 1.29 is 24.4 Å². The van der Waals surface area contributed by atoms with E-state index in [-0.39, 0.29) is 29.3 Å². The molecule has 1 amide bonds. The number of ether oxygens (including phenoxy) is 1. The molecule has 118 valence electrons. The molecule has 2 rings (SSSR count). The summed E-state index contributed by atoms with van der Waals surface area (Å²) >= 11 is 5.89. The van der Waals surface area contributed by atoms with Gasteiger partial charge in [0.05, 0.1) is 34.1 Å². The number of nitro groups is 1. The highest BCUT2D eigenvalue weighted by Gasteiger charge is 2.39. The summed E-state index contributed by atoms with van der Waals surface area (Å²) in [6, 6.07) is 3.47. The van der Waals surface area contributed by atoms with E-state index < -0.39 is 22.3 Å². The molecular weight excluding hydrogens is 316 g/mol. The van der Waals surface area contributed by atoms with E-state index in [1.165, 1.54) is 6.07 Å². The number of amides is 1. The fourth-order valence-electron chi connectivity index (χ4n) is 2.29. The standard InChI is InChI=1S/C13H13ClN2O6/c14-10-5-8(16(20)21)1-2-9(10)12(19)15-13(6-11(17)18)3-4-22-7-13/h1-2,5H,3-4,6-7H2,(H,15,19)(H,17,18). The first-order valence-electron chi connectivity index (χ1n) is 6.39. The van der Waals surface area contributed by atoms with Gasteiger partial charge in [0.1, 0.15) is 0 Å². The number of nitro benzene ring substituents is 1. The van der Waals surface area contributed by atoms with Crippen molar-refractivity contribution in [3.05, 3.63) is 38.9 Å². The maximum atomic E-state index is 12.3. The SMILES string of the molecule is O=C(O)CC1(NC(=O)c2ccc([N+](=O)[O-])cc2Cl)CCOC1. The molecule has 1 saturated heterocycles. The number of nitrogens with zero attached hydrogens (tertiary/aromatic N) is 1. The van der Waals surface area contributed by atoms with Crippen molar-refractivity contribution in [2.45, 2.75) is 18.4 Å². The highest BCUT2D eigenvalue weighted by molar-refractivity contribution is 6.34. The highest BCUT2D eigenvalue weighted by atomic mass is 35.5. The van der Waals surface area contributed by atoms with E-state index in [4.69, 9.17) is 21.4 Å². The van der Waals surface area contributed by atoms with Crippen LogP contribution in [0.25, 0.3) is 0 Å². The molecule has 0 saturated carbocycles. The molecule has 9 heteroatoms. The Balaban J connectivity index is 2.20. The second-order valence-corrected chi connectivity index (χ2v) is 5.44. The quantitative estimate of drug-likeness (QED) is 0.626. The van der Waals surface area contributed by atoms with E-state index in [1.54, 1.807) is 0 Å². The van der Waals surface area contributed by atoms with Gasteiger partial charge in [-0.3, -0.25) is 19.7 Å². The van der Waals surface area contributed by atoms with Crippen LogP contribution in [0.15, 0.2) is 18.2 Å². The topological polar surface area (TPSA) is 119 Å². The number of carbonyl (C=O) groups is 2. The molecule has 0 aliphatic carbocycles. The van der Waals surface area contributed by atoms with E-state index in [2.05, 4.69) is 5.32 Å². The summed E-state index contributed by atoms with van der Waals surface area (Å²) in [6.07, 6.45) is 0.0962. The molecule has 1 heterocycles. The van der Waals surface area contributed by atoms with E-state index in [9.17, 15) is 19.7 Å². The fraction of sp³-hybridized carbons (Fsp3) is 0.385. The first kappa shape index (κ1) is 16.2. The molecule has 0 spiro atoms. The first-order chi connectivity index (χ1) is 10.3. The normalized spacial score (nSPS) is 20.6. The molecule has 1 atom stereocenters. The fourth-order valence-corrected chi connectivity index (χ4v) is 2.55. The summed E-state index contributed by atoms with van der Waals surface area (Å²) in [5.41, 5.74) is -1.18. The Kier molecular flexibility index (Phi) is 4.62. The van der Waals surface area contributed by atoms with Gasteiger partial charge in [-0.2, -0.15) is 0 Å². The number of aliphatic carboxylic acids is 1. The molecule has 2 N–H and O–H groups in total. The van der Waals surface area contributed by atoms with Gasteiger partial charge >= 0.3 is 5.97 Å². The number of benzene rings is 1. The van der Waals surface area contributed by atoms with Crippen molar-refractivity contribution in [3.63, 3.8) is 0 Å². The van der Waals surface area contributed by atoms with E-state index in [1.807, 2.05) is 0 Å². The smallest absolute Gasteiger partial charge is 0.305 e. The first-order valence-corrected chi connectivity index (χ1v) is 6.77.